The van der Waals surface area contributed by atoms with E-state index in [1.165, 1.54) is 0 Å². The van der Waals surface area contributed by atoms with Gasteiger partial charge in [-0.05, 0) is 86.4 Å². The van der Waals surface area contributed by atoms with Crippen molar-refractivity contribution in [3.8, 4) is 44.5 Å². The van der Waals surface area contributed by atoms with E-state index >= 15 is 0 Å². The van der Waals surface area contributed by atoms with Crippen LogP contribution in [0.3, 0.4) is 0 Å². The van der Waals surface area contributed by atoms with Gasteiger partial charge in [-0.1, -0.05) is 119 Å². The molecule has 2 aliphatic rings. The van der Waals surface area contributed by atoms with Crippen molar-refractivity contribution in [3.05, 3.63) is 176 Å². The molecule has 2 N–H and O–H groups in total. The van der Waals surface area contributed by atoms with Crippen molar-refractivity contribution in [2.45, 2.75) is 27.7 Å². The Morgan fingerprint density at radius 3 is 1.13 bits per heavy atom. The maximum Gasteiger partial charge on any atom is 0.297 e. The number of benzene rings is 4. The Balaban J connectivity index is 1.51. The molecule has 0 aliphatic carbocycles. The Morgan fingerprint density at radius 1 is 0.436 bits per heavy atom. The van der Waals surface area contributed by atoms with E-state index in [-0.39, 0.29) is 10.6 Å². The van der Waals surface area contributed by atoms with Crippen molar-refractivity contribution < 1.29 is 4.92 Å². The summed E-state index contributed by atoms with van der Waals surface area (Å²) in [7, 11) is 0. The van der Waals surface area contributed by atoms with E-state index in [4.69, 9.17) is 9.97 Å². The summed E-state index contributed by atoms with van der Waals surface area (Å²) in [4.78, 5) is 30.7. The number of hydrogen-bond acceptors (Lipinski definition) is 4. The number of H-pyrrole nitrogens is 2. The largest absolute Gasteiger partial charge is 0.354 e. The van der Waals surface area contributed by atoms with E-state index in [9.17, 15) is 10.1 Å². The van der Waals surface area contributed by atoms with Gasteiger partial charge in [0.25, 0.3) is 5.70 Å². The molecular formula is C48H37N5O2. The zero-order valence-corrected chi connectivity index (χ0v) is 30.9. The first-order valence-electron chi connectivity index (χ1n) is 18.3. The third-order valence-corrected chi connectivity index (χ3v) is 10.4. The van der Waals surface area contributed by atoms with Crippen molar-refractivity contribution in [3.63, 3.8) is 0 Å². The fourth-order valence-electron chi connectivity index (χ4n) is 7.50. The van der Waals surface area contributed by atoms with Crippen molar-refractivity contribution in [2.75, 3.05) is 0 Å². The number of aromatic amines is 2. The Morgan fingerprint density at radius 2 is 0.764 bits per heavy atom. The summed E-state index contributed by atoms with van der Waals surface area (Å²) < 4.78 is 0. The van der Waals surface area contributed by atoms with Crippen LogP contribution in [0.2, 0.25) is 0 Å². The molecule has 7 heteroatoms. The van der Waals surface area contributed by atoms with Crippen LogP contribution in [0.15, 0.2) is 121 Å². The molecule has 8 bridgehead atoms. The standard InChI is InChI=1S/C48H37N5O2/c1-28-5-13-32(14-6-28)44-36-21-22-37(49-36)45(33-15-7-29(2)8-16-33)39-25-26-41(51-39)47(35-19-11-31(4)12-20-35)48-43(53(54)55)27-42(52-48)46(40-24-23-38(44)50-40)34-17-9-30(3)10-18-34/h5-27,50-51H,1-4H3. The lowest BCUT2D eigenvalue weighted by molar-refractivity contribution is -0.374. The Kier molecular flexibility index (Phi) is 8.20. The molecule has 4 aromatic carbocycles. The number of aryl methyl sites for hydroxylation is 4. The van der Waals surface area contributed by atoms with E-state index in [0.29, 0.717) is 22.5 Å². The number of aromatic nitrogens is 4. The minimum absolute atomic E-state index is 0.0704. The SMILES string of the molecule is Cc1ccc(-c2c3nc(c(-c4ccc(C)cc4)c4ccc([nH]4)c(-c4ccc(C)cc4)c4nc(c(-c5ccc(C)cc5)c5ccc2[nH]5)C=C4[N+](=O)[O-])C=C3)cc1. The van der Waals surface area contributed by atoms with Gasteiger partial charge < -0.3 is 9.97 Å². The van der Waals surface area contributed by atoms with E-state index in [1.807, 2.05) is 68.4 Å². The van der Waals surface area contributed by atoms with Gasteiger partial charge in [-0.15, -0.1) is 0 Å². The van der Waals surface area contributed by atoms with Gasteiger partial charge >= 0.3 is 0 Å². The van der Waals surface area contributed by atoms with Gasteiger partial charge in [0.05, 0.1) is 22.0 Å². The summed E-state index contributed by atoms with van der Waals surface area (Å²) in [6.45, 7) is 8.23. The highest BCUT2D eigenvalue weighted by Crippen LogP contribution is 2.40. The molecule has 0 atom stereocenters. The third kappa shape index (κ3) is 6.15. The molecule has 0 saturated carbocycles. The minimum Gasteiger partial charge on any atom is -0.354 e. The number of nitrogens with one attached hydrogen (secondary N) is 2. The van der Waals surface area contributed by atoms with E-state index in [0.717, 1.165) is 89.1 Å². The lowest BCUT2D eigenvalue weighted by Gasteiger charge is -2.07. The molecule has 0 fully saturated rings. The van der Waals surface area contributed by atoms with Gasteiger partial charge in [0.15, 0.2) is 5.69 Å². The predicted molar refractivity (Wildman–Crippen MR) is 225 cm³/mol. The van der Waals surface area contributed by atoms with Gasteiger partial charge in [-0.3, -0.25) is 10.1 Å². The van der Waals surface area contributed by atoms with Crippen molar-refractivity contribution in [2.24, 2.45) is 0 Å². The van der Waals surface area contributed by atoms with E-state index < -0.39 is 0 Å². The summed E-state index contributed by atoms with van der Waals surface area (Å²) in [5.74, 6) is 0. The summed E-state index contributed by atoms with van der Waals surface area (Å²) in [6, 6.07) is 41.3. The zero-order chi connectivity index (χ0) is 37.8. The molecule has 55 heavy (non-hydrogen) atoms. The van der Waals surface area contributed by atoms with Crippen LogP contribution >= 0.6 is 0 Å². The quantitative estimate of drug-likeness (QED) is 0.137. The summed E-state index contributed by atoms with van der Waals surface area (Å²) >= 11 is 0. The molecule has 0 radical (unpaired) electrons. The fourth-order valence-corrected chi connectivity index (χ4v) is 7.50. The maximum absolute atomic E-state index is 13.0. The van der Waals surface area contributed by atoms with Crippen molar-refractivity contribution in [1.29, 1.82) is 0 Å². The number of nitrogens with zero attached hydrogens (tertiary/aromatic N) is 3. The molecule has 0 spiro atoms. The first-order chi connectivity index (χ1) is 26.7. The minimum atomic E-state index is -0.326. The molecule has 0 saturated heterocycles. The molecular weight excluding hydrogens is 679 g/mol. The van der Waals surface area contributed by atoms with Crippen LogP contribution in [0.5, 0.6) is 0 Å². The van der Waals surface area contributed by atoms with Gasteiger partial charge in [-0.25, -0.2) is 9.97 Å². The zero-order valence-electron chi connectivity index (χ0n) is 30.9. The van der Waals surface area contributed by atoms with Crippen LogP contribution in [0, 0.1) is 37.8 Å². The third-order valence-electron chi connectivity index (χ3n) is 10.4. The summed E-state index contributed by atoms with van der Waals surface area (Å²) in [5.41, 5.74) is 17.0. The molecule has 7 aromatic rings. The highest BCUT2D eigenvalue weighted by molar-refractivity contribution is 6.01. The number of rotatable bonds is 5. The monoisotopic (exact) mass is 715 g/mol. The smallest absolute Gasteiger partial charge is 0.297 e. The van der Waals surface area contributed by atoms with Crippen LogP contribution < -0.4 is 0 Å². The molecule has 0 unspecified atom stereocenters. The Bertz CT molecular complexity index is 2890. The number of fused-ring (bicyclic) bond motifs is 8. The second kappa shape index (κ2) is 13.4. The molecule has 2 aliphatic heterocycles. The van der Waals surface area contributed by atoms with Crippen LogP contribution in [0.4, 0.5) is 0 Å². The fraction of sp³-hybridized carbons (Fsp3) is 0.0833. The first kappa shape index (κ1) is 33.7. The molecule has 0 amide bonds. The van der Waals surface area contributed by atoms with Gasteiger partial charge in [0, 0.05) is 50.4 Å². The highest BCUT2D eigenvalue weighted by Gasteiger charge is 2.29. The van der Waals surface area contributed by atoms with Gasteiger partial charge in [0.1, 0.15) is 0 Å². The average Bonchev–Trinajstić information content (AvgIpc) is 4.01. The Hall–Kier alpha value is -7.12. The maximum atomic E-state index is 13.0. The summed E-state index contributed by atoms with van der Waals surface area (Å²) in [6.07, 6.45) is 5.77. The van der Waals surface area contributed by atoms with Crippen LogP contribution in [0.1, 0.15) is 45.0 Å². The average molecular weight is 716 g/mol. The van der Waals surface area contributed by atoms with Gasteiger partial charge in [0.2, 0.25) is 0 Å². The Labute approximate surface area is 318 Å². The van der Waals surface area contributed by atoms with Crippen molar-refractivity contribution >= 4 is 46.0 Å². The summed E-state index contributed by atoms with van der Waals surface area (Å²) in [5, 5.41) is 13.0. The molecule has 9 rings (SSSR count). The number of hydrogen-bond donors (Lipinski definition) is 2. The lowest BCUT2D eigenvalue weighted by Crippen LogP contribution is -1.98. The van der Waals surface area contributed by atoms with Crippen LogP contribution in [0.25, 0.3) is 90.5 Å². The van der Waals surface area contributed by atoms with E-state index in [2.05, 4.69) is 103 Å². The second-order valence-electron chi connectivity index (χ2n) is 14.4. The molecule has 266 valence electrons. The molecule has 3 aromatic heterocycles. The molecule has 5 heterocycles. The van der Waals surface area contributed by atoms with Gasteiger partial charge in [-0.2, -0.15) is 0 Å². The predicted octanol–water partition coefficient (Wildman–Crippen LogP) is 12.2. The second-order valence-corrected chi connectivity index (χ2v) is 14.4. The van der Waals surface area contributed by atoms with Crippen LogP contribution in [-0.4, -0.2) is 24.9 Å². The highest BCUT2D eigenvalue weighted by atomic mass is 16.6. The molecule has 7 nitrogen and oxygen atoms in total. The lowest BCUT2D eigenvalue weighted by atomic mass is 10.0. The topological polar surface area (TPSA) is 100 Å². The van der Waals surface area contributed by atoms with E-state index in [1.54, 1.807) is 6.08 Å². The van der Waals surface area contributed by atoms with Crippen LogP contribution in [-0.2, 0) is 0 Å². The normalized spacial score (nSPS) is 12.2. The first-order valence-corrected chi connectivity index (χ1v) is 18.3. The van der Waals surface area contributed by atoms with Crippen molar-refractivity contribution in [1.82, 2.24) is 19.9 Å². The number of nitro groups is 1.